The number of rotatable bonds is 2. The zero-order valence-corrected chi connectivity index (χ0v) is 12.3. The normalized spacial score (nSPS) is 13.1. The quantitative estimate of drug-likeness (QED) is 0.715. The lowest BCUT2D eigenvalue weighted by molar-refractivity contribution is 0.525. The maximum atomic E-state index is 6.17. The maximum Gasteiger partial charge on any atom is 0.134 e. The Bertz CT molecular complexity index is 706. The van der Waals surface area contributed by atoms with Crippen LogP contribution in [0.2, 0.25) is 4.34 Å². The summed E-state index contributed by atoms with van der Waals surface area (Å²) in [4.78, 5) is 0. The molecule has 0 spiro atoms. The fraction of sp³-hybridized carbons (Fsp3) is 0.0769. The first-order valence-corrected chi connectivity index (χ1v) is 7.37. The van der Waals surface area contributed by atoms with Crippen LogP contribution in [-0.2, 0) is 0 Å². The van der Waals surface area contributed by atoms with Crippen LogP contribution in [0.4, 0.5) is 0 Å². The molecule has 2 heterocycles. The van der Waals surface area contributed by atoms with E-state index in [-0.39, 0.29) is 6.04 Å². The molecular formula is C13H9BrClNOS. The van der Waals surface area contributed by atoms with Gasteiger partial charge in [-0.2, -0.15) is 0 Å². The van der Waals surface area contributed by atoms with E-state index in [4.69, 9.17) is 21.8 Å². The molecule has 18 heavy (non-hydrogen) atoms. The Morgan fingerprint density at radius 2 is 2.11 bits per heavy atom. The molecule has 1 aromatic carbocycles. The maximum absolute atomic E-state index is 6.17. The third-order valence-corrected chi connectivity index (χ3v) is 4.35. The zero-order valence-electron chi connectivity index (χ0n) is 9.19. The largest absolute Gasteiger partial charge is 0.459 e. The molecule has 0 saturated carbocycles. The van der Waals surface area contributed by atoms with Crippen LogP contribution in [-0.4, -0.2) is 0 Å². The summed E-state index contributed by atoms with van der Waals surface area (Å²) in [6.45, 7) is 0. The number of hydrogen-bond acceptors (Lipinski definition) is 3. The minimum atomic E-state index is -0.278. The highest BCUT2D eigenvalue weighted by Gasteiger charge is 2.15. The highest BCUT2D eigenvalue weighted by atomic mass is 79.9. The van der Waals surface area contributed by atoms with Gasteiger partial charge in [-0.15, -0.1) is 11.3 Å². The molecular weight excluding hydrogens is 334 g/mol. The van der Waals surface area contributed by atoms with E-state index in [1.54, 1.807) is 0 Å². The summed E-state index contributed by atoms with van der Waals surface area (Å²) in [5.41, 5.74) is 7.99. The molecule has 5 heteroatoms. The van der Waals surface area contributed by atoms with Gasteiger partial charge in [-0.1, -0.05) is 27.5 Å². The van der Waals surface area contributed by atoms with Crippen LogP contribution < -0.4 is 5.73 Å². The van der Waals surface area contributed by atoms with Crippen molar-refractivity contribution in [3.05, 3.63) is 55.8 Å². The fourth-order valence-corrected chi connectivity index (χ4v) is 3.14. The molecule has 1 atom stereocenters. The van der Waals surface area contributed by atoms with Gasteiger partial charge in [-0.25, -0.2) is 0 Å². The summed E-state index contributed by atoms with van der Waals surface area (Å²) in [6, 6.07) is 9.45. The highest BCUT2D eigenvalue weighted by molar-refractivity contribution is 9.10. The standard InChI is InChI=1S/C13H9BrClNOS/c14-9-1-2-10-7(3-9)4-11(17-10)13(16)8-5-12(15)18-6-8/h1-6,13H,16H2. The van der Waals surface area contributed by atoms with Gasteiger partial charge in [-0.3, -0.25) is 0 Å². The Labute approximate surface area is 121 Å². The van der Waals surface area contributed by atoms with Crippen molar-refractivity contribution in [3.8, 4) is 0 Å². The molecule has 2 aromatic heterocycles. The SMILES string of the molecule is NC(c1csc(Cl)c1)c1cc2cc(Br)ccc2o1. The van der Waals surface area contributed by atoms with Crippen LogP contribution in [0.25, 0.3) is 11.0 Å². The Balaban J connectivity index is 2.03. The minimum absolute atomic E-state index is 0.278. The first kappa shape index (κ1) is 12.2. The molecule has 2 nitrogen and oxygen atoms in total. The molecule has 0 amide bonds. The molecule has 0 aliphatic carbocycles. The Hall–Kier alpha value is -0.810. The van der Waals surface area contributed by atoms with Crippen molar-refractivity contribution >= 4 is 49.8 Å². The summed E-state index contributed by atoms with van der Waals surface area (Å²) in [5.74, 6) is 0.748. The smallest absolute Gasteiger partial charge is 0.134 e. The summed E-state index contributed by atoms with van der Waals surface area (Å²) in [6.07, 6.45) is 0. The Morgan fingerprint density at radius 1 is 1.28 bits per heavy atom. The molecule has 92 valence electrons. The van der Waals surface area contributed by atoms with Gasteiger partial charge in [0.05, 0.1) is 10.4 Å². The predicted octanol–water partition coefficient (Wildman–Crippen LogP) is 4.96. The minimum Gasteiger partial charge on any atom is -0.459 e. The molecule has 0 saturated heterocycles. The molecule has 0 fully saturated rings. The van der Waals surface area contributed by atoms with Gasteiger partial charge in [0.1, 0.15) is 11.3 Å². The molecule has 0 radical (unpaired) electrons. The van der Waals surface area contributed by atoms with Crippen LogP contribution in [0.5, 0.6) is 0 Å². The molecule has 1 unspecified atom stereocenters. The van der Waals surface area contributed by atoms with Gasteiger partial charge in [-0.05, 0) is 41.3 Å². The van der Waals surface area contributed by atoms with Crippen molar-refractivity contribution in [2.45, 2.75) is 6.04 Å². The summed E-state index contributed by atoms with van der Waals surface area (Å²) in [5, 5.41) is 2.99. The molecule has 0 aliphatic heterocycles. The van der Waals surface area contributed by atoms with E-state index >= 15 is 0 Å². The van der Waals surface area contributed by atoms with Crippen molar-refractivity contribution in [2.75, 3.05) is 0 Å². The Kier molecular flexibility index (Phi) is 3.20. The third-order valence-electron chi connectivity index (χ3n) is 2.75. The molecule has 0 bridgehead atoms. The highest BCUT2D eigenvalue weighted by Crippen LogP contribution is 2.31. The van der Waals surface area contributed by atoms with Crippen LogP contribution >= 0.6 is 38.9 Å². The second kappa shape index (κ2) is 4.70. The number of halogens is 2. The van der Waals surface area contributed by atoms with E-state index in [9.17, 15) is 0 Å². The average Bonchev–Trinajstić information content (AvgIpc) is 2.93. The number of thiophene rings is 1. The summed E-state index contributed by atoms with van der Waals surface area (Å²) < 4.78 is 7.52. The van der Waals surface area contributed by atoms with E-state index in [0.717, 1.165) is 31.1 Å². The number of hydrogen-bond donors (Lipinski definition) is 1. The topological polar surface area (TPSA) is 39.2 Å². The predicted molar refractivity (Wildman–Crippen MR) is 79.3 cm³/mol. The molecule has 3 rings (SSSR count). The monoisotopic (exact) mass is 341 g/mol. The van der Waals surface area contributed by atoms with Crippen LogP contribution in [0.1, 0.15) is 17.4 Å². The van der Waals surface area contributed by atoms with Crippen molar-refractivity contribution in [3.63, 3.8) is 0 Å². The first-order valence-electron chi connectivity index (χ1n) is 5.32. The van der Waals surface area contributed by atoms with Crippen LogP contribution in [0.15, 0.2) is 44.6 Å². The van der Waals surface area contributed by atoms with E-state index in [0.29, 0.717) is 0 Å². The van der Waals surface area contributed by atoms with Gasteiger partial charge in [0, 0.05) is 9.86 Å². The van der Waals surface area contributed by atoms with Crippen molar-refractivity contribution in [2.24, 2.45) is 5.73 Å². The van der Waals surface area contributed by atoms with Gasteiger partial charge < -0.3 is 10.2 Å². The lowest BCUT2D eigenvalue weighted by Crippen LogP contribution is -2.09. The van der Waals surface area contributed by atoms with Gasteiger partial charge >= 0.3 is 0 Å². The third kappa shape index (κ3) is 2.21. The lowest BCUT2D eigenvalue weighted by atomic mass is 10.1. The molecule has 3 aromatic rings. The zero-order chi connectivity index (χ0) is 12.7. The van der Waals surface area contributed by atoms with Crippen molar-refractivity contribution in [1.82, 2.24) is 0 Å². The van der Waals surface area contributed by atoms with E-state index < -0.39 is 0 Å². The molecule has 2 N–H and O–H groups in total. The number of fused-ring (bicyclic) bond motifs is 1. The number of nitrogens with two attached hydrogens (primary N) is 1. The summed E-state index contributed by atoms with van der Waals surface area (Å²) in [7, 11) is 0. The van der Waals surface area contributed by atoms with Crippen molar-refractivity contribution < 1.29 is 4.42 Å². The van der Waals surface area contributed by atoms with E-state index in [1.165, 1.54) is 11.3 Å². The average molecular weight is 343 g/mol. The van der Waals surface area contributed by atoms with E-state index in [1.807, 2.05) is 35.7 Å². The van der Waals surface area contributed by atoms with Gasteiger partial charge in [0.15, 0.2) is 0 Å². The first-order chi connectivity index (χ1) is 8.63. The fourth-order valence-electron chi connectivity index (χ4n) is 1.84. The number of benzene rings is 1. The molecule has 0 aliphatic rings. The summed E-state index contributed by atoms with van der Waals surface area (Å²) >= 11 is 10.8. The number of furan rings is 1. The second-order valence-corrected chi connectivity index (χ2v) is 6.45. The Morgan fingerprint density at radius 3 is 2.83 bits per heavy atom. The second-order valence-electron chi connectivity index (χ2n) is 3.99. The van der Waals surface area contributed by atoms with Gasteiger partial charge in [0.25, 0.3) is 0 Å². The van der Waals surface area contributed by atoms with Crippen LogP contribution in [0, 0.1) is 0 Å². The lowest BCUT2D eigenvalue weighted by Gasteiger charge is -2.04. The van der Waals surface area contributed by atoms with Crippen LogP contribution in [0.3, 0.4) is 0 Å². The van der Waals surface area contributed by atoms with E-state index in [2.05, 4.69) is 15.9 Å². The van der Waals surface area contributed by atoms with Gasteiger partial charge in [0.2, 0.25) is 0 Å². The van der Waals surface area contributed by atoms with Crippen molar-refractivity contribution in [1.29, 1.82) is 0 Å².